The maximum absolute atomic E-state index is 9.82. The van der Waals surface area contributed by atoms with Gasteiger partial charge in [-0.25, -0.2) is 0 Å². The fourth-order valence-corrected chi connectivity index (χ4v) is 1.81. The van der Waals surface area contributed by atoms with Crippen molar-refractivity contribution >= 4 is 5.69 Å². The Hall–Kier alpha value is -1.38. The third kappa shape index (κ3) is 2.17. The summed E-state index contributed by atoms with van der Waals surface area (Å²) in [7, 11) is 0. The summed E-state index contributed by atoms with van der Waals surface area (Å²) in [5.41, 5.74) is 1.89. The van der Waals surface area contributed by atoms with E-state index in [-0.39, 0.29) is 0 Å². The van der Waals surface area contributed by atoms with Crippen molar-refractivity contribution in [2.75, 3.05) is 18.5 Å². The highest BCUT2D eigenvalue weighted by Gasteiger charge is 2.15. The van der Waals surface area contributed by atoms with E-state index in [2.05, 4.69) is 12.2 Å². The summed E-state index contributed by atoms with van der Waals surface area (Å²) in [5.74, 6) is 1.19. The van der Waals surface area contributed by atoms with E-state index in [9.17, 15) is 5.11 Å². The molecule has 0 radical (unpaired) electrons. The molecule has 1 heterocycles. The predicted octanol–water partition coefficient (Wildman–Crippen LogP) is 2.54. The first kappa shape index (κ1) is 10.1. The number of ether oxygens (including phenoxy) is 1. The molecule has 1 aromatic carbocycles. The number of hydrogen-bond donors (Lipinski definition) is 2. The van der Waals surface area contributed by atoms with Crippen LogP contribution in [0, 0.1) is 0 Å². The second-order valence-corrected chi connectivity index (χ2v) is 3.85. The summed E-state index contributed by atoms with van der Waals surface area (Å²) in [6.07, 6.45) is 2.97. The lowest BCUT2D eigenvalue weighted by Gasteiger charge is -2.19. The van der Waals surface area contributed by atoms with E-state index in [0.29, 0.717) is 5.75 Å². The molecule has 0 bridgehead atoms. The third-order valence-electron chi connectivity index (χ3n) is 2.59. The van der Waals surface area contributed by atoms with Gasteiger partial charge in [-0.1, -0.05) is 6.92 Å². The van der Waals surface area contributed by atoms with Gasteiger partial charge in [0.15, 0.2) is 0 Å². The number of nitrogens with one attached hydrogen (secondary N) is 1. The van der Waals surface area contributed by atoms with Gasteiger partial charge in [-0.15, -0.1) is 0 Å². The van der Waals surface area contributed by atoms with Gasteiger partial charge in [0.25, 0.3) is 0 Å². The van der Waals surface area contributed by atoms with Crippen LogP contribution in [-0.4, -0.2) is 18.3 Å². The van der Waals surface area contributed by atoms with Crippen molar-refractivity contribution in [2.45, 2.75) is 26.2 Å². The molecule has 2 rings (SSSR count). The fourth-order valence-electron chi connectivity index (χ4n) is 1.81. The molecule has 0 saturated heterocycles. The van der Waals surface area contributed by atoms with Crippen LogP contribution >= 0.6 is 0 Å². The molecule has 3 heteroatoms. The monoisotopic (exact) mass is 207 g/mol. The first-order chi connectivity index (χ1) is 7.31. The molecule has 0 aromatic heterocycles. The molecule has 1 aliphatic rings. The van der Waals surface area contributed by atoms with Crippen LogP contribution in [0.3, 0.4) is 0 Å². The molecule has 0 atom stereocenters. The van der Waals surface area contributed by atoms with Crippen LogP contribution in [0.4, 0.5) is 5.69 Å². The minimum Gasteiger partial charge on any atom is -0.507 e. The Morgan fingerprint density at radius 1 is 1.47 bits per heavy atom. The molecule has 1 aromatic rings. The lowest BCUT2D eigenvalue weighted by Crippen LogP contribution is -2.09. The van der Waals surface area contributed by atoms with Crippen molar-refractivity contribution < 1.29 is 9.84 Å². The largest absolute Gasteiger partial charge is 0.507 e. The maximum Gasteiger partial charge on any atom is 0.128 e. The topological polar surface area (TPSA) is 41.5 Å². The molecule has 2 N–H and O–H groups in total. The molecule has 0 unspecified atom stereocenters. The predicted molar refractivity (Wildman–Crippen MR) is 60.7 cm³/mol. The van der Waals surface area contributed by atoms with E-state index >= 15 is 0 Å². The molecule has 0 aliphatic carbocycles. The maximum atomic E-state index is 9.82. The number of phenols is 1. The van der Waals surface area contributed by atoms with Gasteiger partial charge in [-0.2, -0.15) is 0 Å². The zero-order valence-corrected chi connectivity index (χ0v) is 9.05. The average molecular weight is 207 g/mol. The highest BCUT2D eigenvalue weighted by Crippen LogP contribution is 2.35. The van der Waals surface area contributed by atoms with Crippen LogP contribution in [0.2, 0.25) is 0 Å². The van der Waals surface area contributed by atoms with E-state index in [1.165, 1.54) is 0 Å². The van der Waals surface area contributed by atoms with Crippen LogP contribution in [0.1, 0.15) is 25.3 Å². The Labute approximate surface area is 90.1 Å². The SMILES string of the molecule is CCCNc1cc(O)c2c(c1)OCCC2. The highest BCUT2D eigenvalue weighted by atomic mass is 16.5. The smallest absolute Gasteiger partial charge is 0.128 e. The van der Waals surface area contributed by atoms with Crippen molar-refractivity contribution in [2.24, 2.45) is 0 Å². The summed E-state index contributed by atoms with van der Waals surface area (Å²) < 4.78 is 5.52. The lowest BCUT2D eigenvalue weighted by molar-refractivity contribution is 0.284. The highest BCUT2D eigenvalue weighted by molar-refractivity contribution is 5.58. The first-order valence-electron chi connectivity index (χ1n) is 5.54. The zero-order chi connectivity index (χ0) is 10.7. The number of aromatic hydroxyl groups is 1. The molecule has 15 heavy (non-hydrogen) atoms. The van der Waals surface area contributed by atoms with Crippen LogP contribution < -0.4 is 10.1 Å². The summed E-state index contributed by atoms with van der Waals surface area (Å²) >= 11 is 0. The number of anilines is 1. The molecule has 0 spiro atoms. The van der Waals surface area contributed by atoms with E-state index in [1.54, 1.807) is 6.07 Å². The van der Waals surface area contributed by atoms with E-state index in [4.69, 9.17) is 4.74 Å². The van der Waals surface area contributed by atoms with Crippen molar-refractivity contribution in [1.82, 2.24) is 0 Å². The van der Waals surface area contributed by atoms with Gasteiger partial charge in [0.05, 0.1) is 6.61 Å². The van der Waals surface area contributed by atoms with Crippen LogP contribution in [0.5, 0.6) is 11.5 Å². The van der Waals surface area contributed by atoms with Crippen LogP contribution in [-0.2, 0) is 6.42 Å². The van der Waals surface area contributed by atoms with Gasteiger partial charge in [-0.05, 0) is 19.3 Å². The van der Waals surface area contributed by atoms with Gasteiger partial charge in [0, 0.05) is 29.9 Å². The van der Waals surface area contributed by atoms with Gasteiger partial charge in [0.1, 0.15) is 11.5 Å². The normalized spacial score (nSPS) is 14.2. The quantitative estimate of drug-likeness (QED) is 0.800. The molecule has 1 aliphatic heterocycles. The zero-order valence-electron chi connectivity index (χ0n) is 9.05. The summed E-state index contributed by atoms with van der Waals surface area (Å²) in [4.78, 5) is 0. The molecular weight excluding hydrogens is 190 g/mol. The summed E-state index contributed by atoms with van der Waals surface area (Å²) in [6.45, 7) is 3.78. The number of rotatable bonds is 3. The second kappa shape index (κ2) is 4.43. The molecule has 3 nitrogen and oxygen atoms in total. The Morgan fingerprint density at radius 2 is 2.33 bits per heavy atom. The van der Waals surface area contributed by atoms with E-state index < -0.39 is 0 Å². The second-order valence-electron chi connectivity index (χ2n) is 3.85. The summed E-state index contributed by atoms with van der Waals surface area (Å²) in [5, 5.41) is 13.1. The molecule has 0 fully saturated rings. The minimum atomic E-state index is 0.353. The van der Waals surface area contributed by atoms with E-state index in [1.807, 2.05) is 6.07 Å². The van der Waals surface area contributed by atoms with Gasteiger partial charge in [-0.3, -0.25) is 0 Å². The van der Waals surface area contributed by atoms with Crippen molar-refractivity contribution in [1.29, 1.82) is 0 Å². The number of fused-ring (bicyclic) bond motifs is 1. The molecule has 82 valence electrons. The minimum absolute atomic E-state index is 0.353. The molecule has 0 amide bonds. The number of phenolic OH excluding ortho intramolecular Hbond substituents is 1. The Kier molecular flexibility index (Phi) is 2.99. The van der Waals surface area contributed by atoms with Crippen molar-refractivity contribution in [3.8, 4) is 11.5 Å². The first-order valence-corrected chi connectivity index (χ1v) is 5.54. The number of hydrogen-bond acceptors (Lipinski definition) is 3. The standard InChI is InChI=1S/C12H17NO2/c1-2-5-13-9-7-11(14)10-4-3-6-15-12(10)8-9/h7-8,13-14H,2-6H2,1H3. The molecular formula is C12H17NO2. The van der Waals surface area contributed by atoms with Gasteiger partial charge in [0.2, 0.25) is 0 Å². The Balaban J connectivity index is 2.24. The summed E-state index contributed by atoms with van der Waals surface area (Å²) in [6, 6.07) is 3.76. The fraction of sp³-hybridized carbons (Fsp3) is 0.500. The lowest BCUT2D eigenvalue weighted by atomic mass is 10.0. The van der Waals surface area contributed by atoms with Crippen LogP contribution in [0.15, 0.2) is 12.1 Å². The van der Waals surface area contributed by atoms with Crippen LogP contribution in [0.25, 0.3) is 0 Å². The van der Waals surface area contributed by atoms with Crippen molar-refractivity contribution in [3.63, 3.8) is 0 Å². The molecule has 0 saturated carbocycles. The Bertz CT molecular complexity index is 350. The Morgan fingerprint density at radius 3 is 3.13 bits per heavy atom. The van der Waals surface area contributed by atoms with Crippen molar-refractivity contribution in [3.05, 3.63) is 17.7 Å². The van der Waals surface area contributed by atoms with E-state index in [0.717, 1.165) is 49.4 Å². The van der Waals surface area contributed by atoms with Gasteiger partial charge < -0.3 is 15.2 Å². The average Bonchev–Trinajstić information content (AvgIpc) is 2.26. The third-order valence-corrected chi connectivity index (χ3v) is 2.59. The number of benzene rings is 1. The van der Waals surface area contributed by atoms with Gasteiger partial charge >= 0.3 is 0 Å².